The van der Waals surface area contributed by atoms with Gasteiger partial charge in [0.15, 0.2) is 5.82 Å². The zero-order chi connectivity index (χ0) is 22.3. The first-order valence-corrected chi connectivity index (χ1v) is 12.2. The van der Waals surface area contributed by atoms with Crippen molar-refractivity contribution in [2.24, 2.45) is 11.8 Å². The molecule has 2 saturated heterocycles. The summed E-state index contributed by atoms with van der Waals surface area (Å²) in [6.45, 7) is 10.2. The maximum absolute atomic E-state index is 12.2. The summed E-state index contributed by atoms with van der Waals surface area (Å²) >= 11 is 0. The highest BCUT2D eigenvalue weighted by molar-refractivity contribution is 5.77. The quantitative estimate of drug-likeness (QED) is 0.562. The summed E-state index contributed by atoms with van der Waals surface area (Å²) in [5, 5.41) is 9.29. The van der Waals surface area contributed by atoms with Crippen molar-refractivity contribution in [3.8, 4) is 0 Å². The van der Waals surface area contributed by atoms with Gasteiger partial charge in [-0.1, -0.05) is 44.2 Å². The van der Waals surface area contributed by atoms with Crippen LogP contribution in [0.1, 0.15) is 57.3 Å². The molecular formula is C25H37N5O2. The summed E-state index contributed by atoms with van der Waals surface area (Å²) in [4.78, 5) is 16.6. The third-order valence-corrected chi connectivity index (χ3v) is 6.56. The standard InChI is InChI=1S/C25H37N5O2/c1-20(2)10-14-30-23(19-28-13-6-9-24(28)31)26-27-25(30)29(17-21-7-4-3-5-8-21)18-22-11-15-32-16-12-22/h3-5,7-8,20,22H,6,9-19H2,1-2H3. The van der Waals surface area contributed by atoms with E-state index in [1.165, 1.54) is 5.56 Å². The number of carbonyl (C=O) groups is 1. The molecule has 1 amide bonds. The molecule has 0 atom stereocenters. The predicted molar refractivity (Wildman–Crippen MR) is 125 cm³/mol. The van der Waals surface area contributed by atoms with Crippen LogP contribution in [0.5, 0.6) is 0 Å². The molecule has 3 heterocycles. The number of ether oxygens (including phenoxy) is 1. The van der Waals surface area contributed by atoms with Gasteiger partial charge in [0.1, 0.15) is 0 Å². The van der Waals surface area contributed by atoms with Crippen LogP contribution in [0.3, 0.4) is 0 Å². The van der Waals surface area contributed by atoms with E-state index >= 15 is 0 Å². The summed E-state index contributed by atoms with van der Waals surface area (Å²) in [5.41, 5.74) is 1.27. The smallest absolute Gasteiger partial charge is 0.227 e. The number of hydrogen-bond acceptors (Lipinski definition) is 5. The van der Waals surface area contributed by atoms with Gasteiger partial charge in [0.05, 0.1) is 6.54 Å². The molecule has 0 saturated carbocycles. The Bertz CT molecular complexity index is 860. The third kappa shape index (κ3) is 5.88. The number of amides is 1. The lowest BCUT2D eigenvalue weighted by atomic mass is 9.99. The fourth-order valence-corrected chi connectivity index (χ4v) is 4.60. The van der Waals surface area contributed by atoms with E-state index in [9.17, 15) is 4.79 Å². The van der Waals surface area contributed by atoms with Crippen molar-refractivity contribution in [2.45, 2.75) is 65.6 Å². The first-order valence-electron chi connectivity index (χ1n) is 12.2. The lowest BCUT2D eigenvalue weighted by Crippen LogP contribution is -2.34. The Balaban J connectivity index is 1.61. The topological polar surface area (TPSA) is 63.5 Å². The molecule has 0 N–H and O–H groups in total. The second kappa shape index (κ2) is 10.9. The van der Waals surface area contributed by atoms with Crippen LogP contribution >= 0.6 is 0 Å². The van der Waals surface area contributed by atoms with Gasteiger partial charge in [0.2, 0.25) is 11.9 Å². The Kier molecular flexibility index (Phi) is 7.79. The summed E-state index contributed by atoms with van der Waals surface area (Å²) in [6.07, 6.45) is 4.82. The van der Waals surface area contributed by atoms with E-state index < -0.39 is 0 Å². The van der Waals surface area contributed by atoms with Crippen LogP contribution in [-0.2, 0) is 29.2 Å². The molecular weight excluding hydrogens is 402 g/mol. The van der Waals surface area contributed by atoms with E-state index in [4.69, 9.17) is 9.84 Å². The van der Waals surface area contributed by atoms with Gasteiger partial charge in [0.25, 0.3) is 0 Å². The fraction of sp³-hybridized carbons (Fsp3) is 0.640. The summed E-state index contributed by atoms with van der Waals surface area (Å²) in [6, 6.07) is 10.6. The molecule has 32 heavy (non-hydrogen) atoms. The third-order valence-electron chi connectivity index (χ3n) is 6.56. The van der Waals surface area contributed by atoms with Crippen LogP contribution in [0.4, 0.5) is 5.95 Å². The molecule has 0 spiro atoms. The molecule has 0 aliphatic carbocycles. The number of benzene rings is 1. The lowest BCUT2D eigenvalue weighted by Gasteiger charge is -2.31. The second-order valence-corrected chi connectivity index (χ2v) is 9.59. The molecule has 7 nitrogen and oxygen atoms in total. The van der Waals surface area contributed by atoms with Crippen molar-refractivity contribution in [3.05, 3.63) is 41.7 Å². The zero-order valence-electron chi connectivity index (χ0n) is 19.6. The van der Waals surface area contributed by atoms with Crippen LogP contribution in [-0.4, -0.2) is 51.9 Å². The van der Waals surface area contributed by atoms with Gasteiger partial charge in [-0.25, -0.2) is 0 Å². The van der Waals surface area contributed by atoms with Crippen LogP contribution in [0, 0.1) is 11.8 Å². The number of rotatable bonds is 10. The molecule has 1 aromatic heterocycles. The minimum absolute atomic E-state index is 0.230. The van der Waals surface area contributed by atoms with Gasteiger partial charge < -0.3 is 14.5 Å². The Hall–Kier alpha value is -2.41. The molecule has 2 aliphatic rings. The van der Waals surface area contributed by atoms with E-state index in [1.807, 2.05) is 4.90 Å². The molecule has 0 bridgehead atoms. The molecule has 2 fully saturated rings. The molecule has 0 unspecified atom stereocenters. The SMILES string of the molecule is CC(C)CCn1c(CN2CCCC2=O)nnc1N(Cc1ccccc1)CC1CCOCC1. The Morgan fingerprint density at radius 1 is 1.16 bits per heavy atom. The minimum atomic E-state index is 0.230. The molecule has 0 radical (unpaired) electrons. The number of nitrogens with zero attached hydrogens (tertiary/aromatic N) is 5. The van der Waals surface area contributed by atoms with E-state index in [-0.39, 0.29) is 5.91 Å². The molecule has 174 valence electrons. The van der Waals surface area contributed by atoms with Gasteiger partial charge in [-0.15, -0.1) is 10.2 Å². The van der Waals surface area contributed by atoms with E-state index in [2.05, 4.69) is 58.7 Å². The van der Waals surface area contributed by atoms with Gasteiger partial charge in [0, 0.05) is 45.8 Å². The van der Waals surface area contributed by atoms with Crippen LogP contribution in [0.2, 0.25) is 0 Å². The molecule has 4 rings (SSSR count). The predicted octanol–water partition coefficient (Wildman–Crippen LogP) is 3.88. The van der Waals surface area contributed by atoms with Crippen molar-refractivity contribution in [1.82, 2.24) is 19.7 Å². The summed E-state index contributed by atoms with van der Waals surface area (Å²) in [7, 11) is 0. The highest BCUT2D eigenvalue weighted by Crippen LogP contribution is 2.25. The fourth-order valence-electron chi connectivity index (χ4n) is 4.60. The normalized spacial score (nSPS) is 17.5. The molecule has 1 aromatic carbocycles. The number of aromatic nitrogens is 3. The van der Waals surface area contributed by atoms with Crippen LogP contribution in [0.25, 0.3) is 0 Å². The van der Waals surface area contributed by atoms with E-state index in [1.54, 1.807) is 0 Å². The minimum Gasteiger partial charge on any atom is -0.381 e. The highest BCUT2D eigenvalue weighted by Gasteiger charge is 2.26. The Morgan fingerprint density at radius 2 is 1.94 bits per heavy atom. The van der Waals surface area contributed by atoms with Crippen molar-refractivity contribution in [1.29, 1.82) is 0 Å². The number of hydrogen-bond donors (Lipinski definition) is 0. The largest absolute Gasteiger partial charge is 0.381 e. The first kappa shape index (κ1) is 22.8. The molecule has 7 heteroatoms. The van der Waals surface area contributed by atoms with Gasteiger partial charge in [-0.3, -0.25) is 9.36 Å². The van der Waals surface area contributed by atoms with Gasteiger partial charge in [-0.05, 0) is 43.1 Å². The average Bonchev–Trinajstić information content (AvgIpc) is 3.39. The van der Waals surface area contributed by atoms with Gasteiger partial charge in [-0.2, -0.15) is 0 Å². The van der Waals surface area contributed by atoms with E-state index in [0.717, 1.165) is 76.8 Å². The maximum atomic E-state index is 12.2. The Morgan fingerprint density at radius 3 is 2.62 bits per heavy atom. The first-order chi connectivity index (χ1) is 15.6. The van der Waals surface area contributed by atoms with Gasteiger partial charge >= 0.3 is 0 Å². The number of carbonyl (C=O) groups excluding carboxylic acids is 1. The van der Waals surface area contributed by atoms with Crippen molar-refractivity contribution < 1.29 is 9.53 Å². The monoisotopic (exact) mass is 439 g/mol. The lowest BCUT2D eigenvalue weighted by molar-refractivity contribution is -0.128. The van der Waals surface area contributed by atoms with Crippen molar-refractivity contribution in [3.63, 3.8) is 0 Å². The van der Waals surface area contributed by atoms with Crippen molar-refractivity contribution >= 4 is 11.9 Å². The second-order valence-electron chi connectivity index (χ2n) is 9.59. The summed E-state index contributed by atoms with van der Waals surface area (Å²) in [5.74, 6) is 3.24. The zero-order valence-corrected chi connectivity index (χ0v) is 19.6. The van der Waals surface area contributed by atoms with Crippen LogP contribution in [0.15, 0.2) is 30.3 Å². The maximum Gasteiger partial charge on any atom is 0.227 e. The van der Waals surface area contributed by atoms with E-state index in [0.29, 0.717) is 24.8 Å². The number of likely N-dealkylation sites (tertiary alicyclic amines) is 1. The Labute approximate surface area is 191 Å². The molecule has 2 aromatic rings. The highest BCUT2D eigenvalue weighted by atomic mass is 16.5. The molecule has 2 aliphatic heterocycles. The van der Waals surface area contributed by atoms with Crippen molar-refractivity contribution in [2.75, 3.05) is 31.2 Å². The van der Waals surface area contributed by atoms with Crippen LogP contribution < -0.4 is 4.90 Å². The number of anilines is 1. The average molecular weight is 440 g/mol. The summed E-state index contributed by atoms with van der Waals surface area (Å²) < 4.78 is 7.86.